The molecule has 1 aliphatic heterocycles. The summed E-state index contributed by atoms with van der Waals surface area (Å²) in [6, 6.07) is 1.51. The van der Waals surface area contributed by atoms with Crippen LogP contribution in [-0.4, -0.2) is 35.3 Å². The first kappa shape index (κ1) is 15.6. The van der Waals surface area contributed by atoms with Crippen LogP contribution in [0.15, 0.2) is 28.9 Å². The summed E-state index contributed by atoms with van der Waals surface area (Å²) in [7, 11) is 1.27. The van der Waals surface area contributed by atoms with Crippen LogP contribution in [0.5, 0.6) is 5.75 Å². The molecule has 0 saturated carbocycles. The molecule has 1 aliphatic rings. The Kier molecular flexibility index (Phi) is 4.39. The number of nitrogens with two attached hydrogens (primary N) is 1. The van der Waals surface area contributed by atoms with E-state index in [1.807, 2.05) is 0 Å². The van der Waals surface area contributed by atoms with Gasteiger partial charge in [0.1, 0.15) is 5.38 Å². The molecule has 0 spiro atoms. The van der Waals surface area contributed by atoms with Gasteiger partial charge < -0.3 is 15.6 Å². The number of rotatable bonds is 3. The molecule has 3 N–H and O–H groups in total. The molecule has 21 heavy (non-hydrogen) atoms. The van der Waals surface area contributed by atoms with Crippen molar-refractivity contribution in [3.8, 4) is 5.75 Å². The predicted octanol–water partition coefficient (Wildman–Crippen LogP) is 2.19. The zero-order chi connectivity index (χ0) is 15.7. The quantitative estimate of drug-likeness (QED) is 0.831. The van der Waals surface area contributed by atoms with E-state index in [4.69, 9.17) is 38.8 Å². The lowest BCUT2D eigenvalue weighted by Gasteiger charge is -2.21. The zero-order valence-corrected chi connectivity index (χ0v) is 12.3. The summed E-state index contributed by atoms with van der Waals surface area (Å²) in [6.07, 6.45) is 1.34. The van der Waals surface area contributed by atoms with Crippen molar-refractivity contribution in [3.05, 3.63) is 40.3 Å². The van der Waals surface area contributed by atoms with E-state index in [0.29, 0.717) is 0 Å². The fourth-order valence-electron chi connectivity index (χ4n) is 1.92. The molecule has 1 aromatic rings. The topological polar surface area (TPSA) is 84.9 Å². The Morgan fingerprint density at radius 2 is 2.19 bits per heavy atom. The predicted molar refractivity (Wildman–Crippen MR) is 77.8 cm³/mol. The number of carboxylic acid groups (broad SMARTS) is 1. The number of nitrogens with zero attached hydrogens (tertiary/aromatic N) is 1. The molecule has 0 aromatic heterocycles. The van der Waals surface area contributed by atoms with Crippen molar-refractivity contribution in [1.82, 2.24) is 0 Å². The van der Waals surface area contributed by atoms with Crippen LogP contribution in [0.2, 0.25) is 5.02 Å². The van der Waals surface area contributed by atoms with Gasteiger partial charge in [0.2, 0.25) is 0 Å². The lowest BCUT2D eigenvalue weighted by atomic mass is 10.0. The fourth-order valence-corrected chi connectivity index (χ4v) is 2.37. The molecule has 0 bridgehead atoms. The first-order chi connectivity index (χ1) is 9.86. The number of hydrogen-bond donors (Lipinski definition) is 2. The van der Waals surface area contributed by atoms with Crippen molar-refractivity contribution in [2.45, 2.75) is 11.4 Å². The van der Waals surface area contributed by atoms with Gasteiger partial charge in [-0.15, -0.1) is 11.6 Å². The van der Waals surface area contributed by atoms with Gasteiger partial charge in [-0.25, -0.2) is 9.18 Å². The van der Waals surface area contributed by atoms with Crippen molar-refractivity contribution < 1.29 is 19.0 Å². The fraction of sp³-hybridized carbons (Fsp3) is 0.231. The van der Waals surface area contributed by atoms with E-state index < -0.39 is 23.2 Å². The van der Waals surface area contributed by atoms with Crippen LogP contribution in [0.3, 0.4) is 0 Å². The molecule has 0 aliphatic carbocycles. The van der Waals surface area contributed by atoms with Gasteiger partial charge in [0, 0.05) is 11.3 Å². The Labute approximate surface area is 129 Å². The maximum Gasteiger partial charge on any atom is 0.330 e. The smallest absolute Gasteiger partial charge is 0.330 e. The first-order valence-corrected chi connectivity index (χ1v) is 6.62. The van der Waals surface area contributed by atoms with E-state index >= 15 is 0 Å². The Bertz CT molecular complexity index is 661. The number of benzene rings is 1. The van der Waals surface area contributed by atoms with Crippen LogP contribution in [0.4, 0.5) is 4.39 Å². The molecule has 112 valence electrons. The van der Waals surface area contributed by atoms with E-state index in [2.05, 4.69) is 4.99 Å². The Morgan fingerprint density at radius 3 is 2.76 bits per heavy atom. The van der Waals surface area contributed by atoms with Gasteiger partial charge in [-0.1, -0.05) is 11.6 Å². The molecule has 0 amide bonds. The summed E-state index contributed by atoms with van der Waals surface area (Å²) in [5.41, 5.74) is 5.90. The number of methoxy groups -OCH3 is 1. The van der Waals surface area contributed by atoms with Gasteiger partial charge in [-0.2, -0.15) is 0 Å². The summed E-state index contributed by atoms with van der Waals surface area (Å²) < 4.78 is 19.2. The van der Waals surface area contributed by atoms with E-state index in [9.17, 15) is 9.18 Å². The number of carboxylic acids is 1. The van der Waals surface area contributed by atoms with Crippen molar-refractivity contribution in [3.63, 3.8) is 0 Å². The Morgan fingerprint density at radius 1 is 1.52 bits per heavy atom. The minimum absolute atomic E-state index is 0.0361. The second-order valence-electron chi connectivity index (χ2n) is 4.29. The van der Waals surface area contributed by atoms with Crippen molar-refractivity contribution >= 4 is 34.9 Å². The highest BCUT2D eigenvalue weighted by Gasteiger charge is 2.32. The average molecular weight is 333 g/mol. The van der Waals surface area contributed by atoms with Gasteiger partial charge in [-0.3, -0.25) is 4.99 Å². The van der Waals surface area contributed by atoms with Crippen LogP contribution in [-0.2, 0) is 4.79 Å². The number of alkyl halides is 1. The average Bonchev–Trinajstić information content (AvgIpc) is 2.42. The molecule has 1 aromatic carbocycles. The molecule has 2 atom stereocenters. The molecular formula is C13H11Cl2FN2O3. The van der Waals surface area contributed by atoms with Crippen LogP contribution in [0.1, 0.15) is 5.56 Å². The third-order valence-corrected chi connectivity index (χ3v) is 3.75. The maximum absolute atomic E-state index is 14.3. The normalized spacial score (nSPS) is 21.5. The largest absolute Gasteiger partial charge is 0.492 e. The molecule has 2 unspecified atom stereocenters. The number of ether oxygens (including phenoxy) is 1. The SMILES string of the molecule is COc1c(Cl)ccc(C2=NC(C(=O)O)C(Cl)C(N)=C2)c1F. The van der Waals surface area contributed by atoms with E-state index in [1.165, 1.54) is 25.3 Å². The zero-order valence-electron chi connectivity index (χ0n) is 10.8. The van der Waals surface area contributed by atoms with Crippen molar-refractivity contribution in [2.75, 3.05) is 7.11 Å². The lowest BCUT2D eigenvalue weighted by molar-refractivity contribution is -0.138. The third-order valence-electron chi connectivity index (χ3n) is 2.96. The van der Waals surface area contributed by atoms with Crippen LogP contribution in [0, 0.1) is 5.82 Å². The molecule has 0 radical (unpaired) electrons. The molecule has 2 rings (SSSR count). The molecule has 0 fully saturated rings. The van der Waals surface area contributed by atoms with Crippen LogP contribution >= 0.6 is 23.2 Å². The molecular weight excluding hydrogens is 322 g/mol. The van der Waals surface area contributed by atoms with E-state index in [-0.39, 0.29) is 27.7 Å². The van der Waals surface area contributed by atoms with Gasteiger partial charge >= 0.3 is 5.97 Å². The van der Waals surface area contributed by atoms with Crippen molar-refractivity contribution in [1.29, 1.82) is 0 Å². The summed E-state index contributed by atoms with van der Waals surface area (Å²) in [5.74, 6) is -2.14. The molecule has 8 heteroatoms. The minimum atomic E-state index is -1.28. The number of dihydropyridines is 1. The standard InChI is InChI=1S/C13H11Cl2FN2O3/c1-21-12-6(14)3-2-5(10(12)16)8-4-7(17)9(15)11(18-8)13(19)20/h2-4,9,11H,17H2,1H3,(H,19,20). The monoisotopic (exact) mass is 332 g/mol. The number of carbonyl (C=O) groups is 1. The molecule has 1 heterocycles. The van der Waals surface area contributed by atoms with Gasteiger partial charge in [0.25, 0.3) is 0 Å². The summed E-state index contributed by atoms with van der Waals surface area (Å²) in [5, 5.41) is 8.20. The van der Waals surface area contributed by atoms with Crippen molar-refractivity contribution in [2.24, 2.45) is 10.7 Å². The summed E-state index contributed by atoms with van der Waals surface area (Å²) >= 11 is 11.7. The number of halogens is 3. The highest BCUT2D eigenvalue weighted by molar-refractivity contribution is 6.32. The minimum Gasteiger partial charge on any atom is -0.492 e. The van der Waals surface area contributed by atoms with Gasteiger partial charge in [-0.05, 0) is 18.2 Å². The molecule has 5 nitrogen and oxygen atoms in total. The maximum atomic E-state index is 14.3. The van der Waals surface area contributed by atoms with Crippen LogP contribution < -0.4 is 10.5 Å². The van der Waals surface area contributed by atoms with Gasteiger partial charge in [0.15, 0.2) is 17.6 Å². The Hall–Kier alpha value is -1.79. The number of aliphatic carboxylic acids is 1. The number of aliphatic imine (C=N–C) groups is 1. The summed E-state index contributed by atoms with van der Waals surface area (Å²) in [6.45, 7) is 0. The Balaban J connectivity index is 2.56. The second kappa shape index (κ2) is 5.91. The van der Waals surface area contributed by atoms with E-state index in [1.54, 1.807) is 0 Å². The number of allylic oxidation sites excluding steroid dienone is 1. The molecule has 0 saturated heterocycles. The van der Waals surface area contributed by atoms with Gasteiger partial charge in [0.05, 0.1) is 17.8 Å². The van der Waals surface area contributed by atoms with Crippen LogP contribution in [0.25, 0.3) is 0 Å². The number of hydrogen-bond acceptors (Lipinski definition) is 4. The highest BCUT2D eigenvalue weighted by atomic mass is 35.5. The summed E-state index contributed by atoms with van der Waals surface area (Å²) in [4.78, 5) is 15.1. The third kappa shape index (κ3) is 2.82. The second-order valence-corrected chi connectivity index (χ2v) is 5.16. The highest BCUT2D eigenvalue weighted by Crippen LogP contribution is 2.31. The first-order valence-electron chi connectivity index (χ1n) is 5.81. The van der Waals surface area contributed by atoms with E-state index in [0.717, 1.165) is 0 Å². The lowest BCUT2D eigenvalue weighted by Crippen LogP contribution is -2.36.